The van der Waals surface area contributed by atoms with Gasteiger partial charge in [0.05, 0.1) is 5.41 Å². The van der Waals surface area contributed by atoms with Crippen LogP contribution in [-0.4, -0.2) is 25.0 Å². The Kier molecular flexibility index (Phi) is 3.67. The van der Waals surface area contributed by atoms with Gasteiger partial charge in [-0.1, -0.05) is 12.1 Å². The number of carbonyl (C=O) groups is 1. The quantitative estimate of drug-likeness (QED) is 0.919. The number of rotatable bonds is 3. The molecule has 1 N–H and O–H groups in total. The van der Waals surface area contributed by atoms with Crippen molar-refractivity contribution in [3.05, 3.63) is 29.3 Å². The van der Waals surface area contributed by atoms with Gasteiger partial charge in [0.25, 0.3) is 0 Å². The van der Waals surface area contributed by atoms with Gasteiger partial charge in [0, 0.05) is 18.3 Å². The highest BCUT2D eigenvalue weighted by atomic mass is 16.2. The van der Waals surface area contributed by atoms with E-state index >= 15 is 0 Å². The van der Waals surface area contributed by atoms with Crippen molar-refractivity contribution in [3.63, 3.8) is 0 Å². The van der Waals surface area contributed by atoms with Crippen LogP contribution >= 0.6 is 0 Å². The molecular weight excluding hydrogens is 248 g/mol. The third-order valence-electron chi connectivity index (χ3n) is 4.00. The van der Waals surface area contributed by atoms with E-state index in [1.165, 1.54) is 5.56 Å². The molecule has 0 radical (unpaired) electrons. The first-order valence-corrected chi connectivity index (χ1v) is 7.29. The summed E-state index contributed by atoms with van der Waals surface area (Å²) >= 11 is 0. The monoisotopic (exact) mass is 274 g/mol. The first kappa shape index (κ1) is 15.0. The average molecular weight is 274 g/mol. The van der Waals surface area contributed by atoms with Crippen LogP contribution in [-0.2, 0) is 16.6 Å². The Hall–Kier alpha value is -1.35. The van der Waals surface area contributed by atoms with E-state index in [9.17, 15) is 4.79 Å². The Morgan fingerprint density at radius 2 is 1.90 bits per heavy atom. The summed E-state index contributed by atoms with van der Waals surface area (Å²) < 4.78 is 0. The standard InChI is InChI=1S/C17H26N2O/c1-16(2,3)18-10-9-12-7-8-14-13(11-12)17(4,5)15(20)19(14)6/h7-8,11,18H,9-10H2,1-6H3. The van der Waals surface area contributed by atoms with Crippen molar-refractivity contribution in [2.24, 2.45) is 0 Å². The number of fused-ring (bicyclic) bond motifs is 1. The van der Waals surface area contributed by atoms with E-state index < -0.39 is 5.41 Å². The summed E-state index contributed by atoms with van der Waals surface area (Å²) in [6, 6.07) is 6.41. The second kappa shape index (κ2) is 4.88. The Balaban J connectivity index is 2.17. The fourth-order valence-electron chi connectivity index (χ4n) is 2.76. The van der Waals surface area contributed by atoms with Crippen molar-refractivity contribution in [1.29, 1.82) is 0 Å². The summed E-state index contributed by atoms with van der Waals surface area (Å²) in [5.41, 5.74) is 3.23. The highest BCUT2D eigenvalue weighted by Crippen LogP contribution is 2.41. The number of likely N-dealkylation sites (N-methyl/N-ethyl adjacent to an activating group) is 1. The van der Waals surface area contributed by atoms with E-state index in [1.807, 2.05) is 20.9 Å². The zero-order valence-electron chi connectivity index (χ0n) is 13.5. The number of hydrogen-bond acceptors (Lipinski definition) is 2. The minimum atomic E-state index is -0.405. The van der Waals surface area contributed by atoms with Crippen LogP contribution in [0.4, 0.5) is 5.69 Å². The number of nitrogens with one attached hydrogen (secondary N) is 1. The molecule has 0 aliphatic carbocycles. The SMILES string of the molecule is CN1C(=O)C(C)(C)c2cc(CCNC(C)(C)C)ccc21. The number of carbonyl (C=O) groups excluding carboxylic acids is 1. The molecule has 3 nitrogen and oxygen atoms in total. The van der Waals surface area contributed by atoms with Gasteiger partial charge in [-0.05, 0) is 64.8 Å². The highest BCUT2D eigenvalue weighted by molar-refractivity contribution is 6.07. The lowest BCUT2D eigenvalue weighted by Gasteiger charge is -2.21. The minimum absolute atomic E-state index is 0.145. The first-order chi connectivity index (χ1) is 9.13. The molecule has 1 amide bonds. The molecule has 0 aromatic heterocycles. The van der Waals surface area contributed by atoms with Crippen molar-refractivity contribution < 1.29 is 4.79 Å². The van der Waals surface area contributed by atoms with Crippen LogP contribution in [0.3, 0.4) is 0 Å². The van der Waals surface area contributed by atoms with E-state index in [2.05, 4.69) is 44.3 Å². The predicted octanol–water partition coefficient (Wildman–Crippen LogP) is 2.87. The van der Waals surface area contributed by atoms with Crippen molar-refractivity contribution in [2.75, 3.05) is 18.5 Å². The molecule has 1 aromatic carbocycles. The Morgan fingerprint density at radius 1 is 1.25 bits per heavy atom. The number of amides is 1. The Labute approximate surface area is 122 Å². The Bertz CT molecular complexity index is 526. The highest BCUT2D eigenvalue weighted by Gasteiger charge is 2.42. The second-order valence-corrected chi connectivity index (χ2v) is 7.27. The van der Waals surface area contributed by atoms with Crippen LogP contribution in [0.1, 0.15) is 45.7 Å². The smallest absolute Gasteiger partial charge is 0.236 e. The number of hydrogen-bond donors (Lipinski definition) is 1. The molecule has 110 valence electrons. The molecule has 2 rings (SSSR count). The molecule has 1 aliphatic heterocycles. The van der Waals surface area contributed by atoms with Crippen LogP contribution in [0.5, 0.6) is 0 Å². The number of nitrogens with zero attached hydrogens (tertiary/aromatic N) is 1. The molecular formula is C17H26N2O. The van der Waals surface area contributed by atoms with Gasteiger partial charge in [0.2, 0.25) is 5.91 Å². The van der Waals surface area contributed by atoms with Crippen LogP contribution in [0, 0.1) is 0 Å². The minimum Gasteiger partial charge on any atom is -0.314 e. The first-order valence-electron chi connectivity index (χ1n) is 7.29. The molecule has 0 saturated carbocycles. The summed E-state index contributed by atoms with van der Waals surface area (Å²) in [5, 5.41) is 3.50. The maximum atomic E-state index is 12.3. The lowest BCUT2D eigenvalue weighted by Crippen LogP contribution is -2.37. The van der Waals surface area contributed by atoms with Crippen molar-refractivity contribution >= 4 is 11.6 Å². The van der Waals surface area contributed by atoms with E-state index in [1.54, 1.807) is 4.90 Å². The summed E-state index contributed by atoms with van der Waals surface area (Å²) in [7, 11) is 1.86. The molecule has 1 aromatic rings. The molecule has 3 heteroatoms. The summed E-state index contributed by atoms with van der Waals surface area (Å²) in [5.74, 6) is 0.178. The molecule has 0 atom stereocenters. The van der Waals surface area contributed by atoms with Crippen molar-refractivity contribution in [3.8, 4) is 0 Å². The van der Waals surface area contributed by atoms with Gasteiger partial charge in [-0.25, -0.2) is 0 Å². The molecule has 0 saturated heterocycles. The van der Waals surface area contributed by atoms with Gasteiger partial charge in [0.15, 0.2) is 0 Å². The van der Waals surface area contributed by atoms with E-state index in [4.69, 9.17) is 0 Å². The fraction of sp³-hybridized carbons (Fsp3) is 0.588. The predicted molar refractivity (Wildman–Crippen MR) is 84.3 cm³/mol. The molecule has 20 heavy (non-hydrogen) atoms. The number of anilines is 1. The largest absolute Gasteiger partial charge is 0.314 e. The van der Waals surface area contributed by atoms with E-state index in [0.29, 0.717) is 0 Å². The zero-order valence-corrected chi connectivity index (χ0v) is 13.5. The second-order valence-electron chi connectivity index (χ2n) is 7.27. The lowest BCUT2D eigenvalue weighted by atomic mass is 9.85. The summed E-state index contributed by atoms with van der Waals surface area (Å²) in [4.78, 5) is 14.0. The maximum Gasteiger partial charge on any atom is 0.236 e. The summed E-state index contributed by atoms with van der Waals surface area (Å²) in [6.45, 7) is 11.5. The molecule has 0 fully saturated rings. The molecule has 1 aliphatic rings. The van der Waals surface area contributed by atoms with Gasteiger partial charge in [-0.2, -0.15) is 0 Å². The third kappa shape index (κ3) is 2.73. The number of benzene rings is 1. The van der Waals surface area contributed by atoms with Crippen LogP contribution < -0.4 is 10.2 Å². The van der Waals surface area contributed by atoms with Crippen molar-refractivity contribution in [1.82, 2.24) is 5.32 Å². The topological polar surface area (TPSA) is 32.3 Å². The van der Waals surface area contributed by atoms with Gasteiger partial charge < -0.3 is 10.2 Å². The maximum absolute atomic E-state index is 12.3. The van der Waals surface area contributed by atoms with Gasteiger partial charge in [-0.3, -0.25) is 4.79 Å². The molecule has 0 bridgehead atoms. The van der Waals surface area contributed by atoms with Crippen LogP contribution in [0.25, 0.3) is 0 Å². The molecule has 1 heterocycles. The fourth-order valence-corrected chi connectivity index (χ4v) is 2.76. The van der Waals surface area contributed by atoms with E-state index in [-0.39, 0.29) is 11.4 Å². The van der Waals surface area contributed by atoms with Gasteiger partial charge in [-0.15, -0.1) is 0 Å². The third-order valence-corrected chi connectivity index (χ3v) is 4.00. The molecule has 0 unspecified atom stereocenters. The Morgan fingerprint density at radius 3 is 2.50 bits per heavy atom. The van der Waals surface area contributed by atoms with Crippen LogP contribution in [0.15, 0.2) is 18.2 Å². The van der Waals surface area contributed by atoms with Gasteiger partial charge in [0.1, 0.15) is 0 Å². The van der Waals surface area contributed by atoms with Crippen LogP contribution in [0.2, 0.25) is 0 Å². The zero-order chi connectivity index (χ0) is 15.1. The van der Waals surface area contributed by atoms with Crippen molar-refractivity contribution in [2.45, 2.75) is 52.0 Å². The normalized spacial score (nSPS) is 17.5. The lowest BCUT2D eigenvalue weighted by molar-refractivity contribution is -0.121. The van der Waals surface area contributed by atoms with Gasteiger partial charge >= 0.3 is 0 Å². The summed E-state index contributed by atoms with van der Waals surface area (Å²) in [6.07, 6.45) is 0.985. The van der Waals surface area contributed by atoms with E-state index in [0.717, 1.165) is 24.2 Å². The molecule has 0 spiro atoms. The average Bonchev–Trinajstić information content (AvgIpc) is 2.50.